The molecule has 1 heterocycles. The number of anilines is 1. The molecule has 1 aromatic heterocycles. The van der Waals surface area contributed by atoms with Crippen LogP contribution in [0.25, 0.3) is 22.5 Å². The zero-order chi connectivity index (χ0) is 26.4. The molecule has 1 saturated carbocycles. The van der Waals surface area contributed by atoms with Crippen LogP contribution in [0.15, 0.2) is 71.4 Å². The number of rotatable bonds is 7. The number of aromatic nitrogens is 1. The van der Waals surface area contributed by atoms with Crippen molar-refractivity contribution in [3.8, 4) is 22.5 Å². The molecule has 2 N–H and O–H groups in total. The summed E-state index contributed by atoms with van der Waals surface area (Å²) in [5.41, 5.74) is 6.69. The summed E-state index contributed by atoms with van der Waals surface area (Å²) in [6.45, 7) is 1.76. The molecular formula is C30H25ClN2O5. The molecule has 3 aromatic carbocycles. The smallest absolute Gasteiger partial charge is 0.412 e. The van der Waals surface area contributed by atoms with Gasteiger partial charge in [0.1, 0.15) is 11.8 Å². The molecule has 8 heteroatoms. The summed E-state index contributed by atoms with van der Waals surface area (Å²) >= 11 is 6.23. The third-order valence-corrected chi connectivity index (χ3v) is 7.99. The minimum atomic E-state index is -0.752. The lowest BCUT2D eigenvalue weighted by Gasteiger charge is -2.26. The maximum absolute atomic E-state index is 12.7. The van der Waals surface area contributed by atoms with E-state index in [1.165, 1.54) is 11.8 Å². The van der Waals surface area contributed by atoms with Gasteiger partial charge in [-0.25, -0.2) is 4.79 Å². The van der Waals surface area contributed by atoms with Crippen LogP contribution in [0.1, 0.15) is 48.1 Å². The van der Waals surface area contributed by atoms with Gasteiger partial charge in [-0.15, -0.1) is 0 Å². The summed E-state index contributed by atoms with van der Waals surface area (Å²) in [5.74, 6) is -0.278. The Kier molecular flexibility index (Phi) is 5.95. The lowest BCUT2D eigenvalue weighted by molar-refractivity contribution is -0.140. The number of carboxylic acid groups (broad SMARTS) is 1. The van der Waals surface area contributed by atoms with Crippen LogP contribution >= 0.6 is 11.6 Å². The average Bonchev–Trinajstić information content (AvgIpc) is 3.58. The Morgan fingerprint density at radius 1 is 1.03 bits per heavy atom. The van der Waals surface area contributed by atoms with Gasteiger partial charge in [0.05, 0.1) is 11.6 Å². The third kappa shape index (κ3) is 4.13. The van der Waals surface area contributed by atoms with Gasteiger partial charge < -0.3 is 14.4 Å². The van der Waals surface area contributed by atoms with Crippen molar-refractivity contribution < 1.29 is 24.0 Å². The molecule has 4 aromatic rings. The molecule has 0 bridgehead atoms. The maximum atomic E-state index is 12.7. The number of nitrogens with zero attached hydrogens (tertiary/aromatic N) is 1. The SMILES string of the molecule is CC(OC(=O)Nc1cnoc1-c1ccc(-c2ccc(C3(C(=O)O)CC3)cc2)c2c1CC2)c1ccccc1Cl. The lowest BCUT2D eigenvalue weighted by atomic mass is 9.78. The highest BCUT2D eigenvalue weighted by molar-refractivity contribution is 6.31. The lowest BCUT2D eigenvalue weighted by Crippen LogP contribution is -2.19. The Morgan fingerprint density at radius 2 is 1.71 bits per heavy atom. The van der Waals surface area contributed by atoms with Crippen molar-refractivity contribution in [2.45, 2.75) is 44.1 Å². The van der Waals surface area contributed by atoms with Crippen LogP contribution in [0, 0.1) is 0 Å². The summed E-state index contributed by atoms with van der Waals surface area (Å²) in [6, 6.07) is 19.1. The van der Waals surface area contributed by atoms with Gasteiger partial charge in [0.25, 0.3) is 0 Å². The first kappa shape index (κ1) is 24.2. The number of hydrogen-bond donors (Lipinski definition) is 2. The first-order valence-corrected chi connectivity index (χ1v) is 12.9. The number of ether oxygens (including phenoxy) is 1. The van der Waals surface area contributed by atoms with E-state index in [4.69, 9.17) is 20.9 Å². The van der Waals surface area contributed by atoms with Crippen molar-refractivity contribution in [3.05, 3.63) is 94.1 Å². The first-order valence-electron chi connectivity index (χ1n) is 12.5. The highest BCUT2D eigenvalue weighted by atomic mass is 35.5. The van der Waals surface area contributed by atoms with Crippen molar-refractivity contribution in [2.24, 2.45) is 0 Å². The fraction of sp³-hybridized carbons (Fsp3) is 0.233. The Balaban J connectivity index is 1.22. The average molecular weight is 529 g/mol. The number of carbonyl (C=O) groups excluding carboxylic acids is 1. The summed E-state index contributed by atoms with van der Waals surface area (Å²) in [4.78, 5) is 24.3. The standard InChI is InChI=1S/C30H25ClN2O5/c1-17(20-4-2-3-5-25(20)31)37-29(36)33-26-16-32-38-27(26)24-13-10-21(22-11-12-23(22)24)18-6-8-19(9-7-18)30(14-15-30)28(34)35/h2-10,13,16-17H,11-12,14-15H2,1H3,(H,33,36)(H,34,35). The van der Waals surface area contributed by atoms with Gasteiger partial charge in [-0.1, -0.05) is 71.4 Å². The second-order valence-electron chi connectivity index (χ2n) is 9.85. The summed E-state index contributed by atoms with van der Waals surface area (Å²) < 4.78 is 11.1. The summed E-state index contributed by atoms with van der Waals surface area (Å²) in [6.07, 6.45) is 3.47. The maximum Gasteiger partial charge on any atom is 0.412 e. The van der Waals surface area contributed by atoms with Crippen LogP contribution in [-0.2, 0) is 27.8 Å². The van der Waals surface area contributed by atoms with E-state index >= 15 is 0 Å². The molecule has 1 amide bonds. The Labute approximate surface area is 224 Å². The van der Waals surface area contributed by atoms with Gasteiger partial charge in [-0.2, -0.15) is 0 Å². The third-order valence-electron chi connectivity index (χ3n) is 7.64. The monoisotopic (exact) mass is 528 g/mol. The molecule has 0 saturated heterocycles. The molecule has 38 heavy (non-hydrogen) atoms. The molecule has 1 unspecified atom stereocenters. The van der Waals surface area contributed by atoms with Gasteiger partial charge in [-0.3, -0.25) is 10.1 Å². The van der Waals surface area contributed by atoms with E-state index in [0.717, 1.165) is 46.2 Å². The molecule has 0 spiro atoms. The Bertz CT molecular complexity index is 1560. The van der Waals surface area contributed by atoms with E-state index in [1.807, 2.05) is 54.6 Å². The van der Waals surface area contributed by atoms with E-state index < -0.39 is 23.6 Å². The number of hydrogen-bond acceptors (Lipinski definition) is 5. The molecule has 192 valence electrons. The van der Waals surface area contributed by atoms with Crippen LogP contribution in [-0.4, -0.2) is 22.3 Å². The zero-order valence-electron chi connectivity index (χ0n) is 20.7. The molecular weight excluding hydrogens is 504 g/mol. The van der Waals surface area contributed by atoms with Crippen LogP contribution in [0.3, 0.4) is 0 Å². The largest absolute Gasteiger partial charge is 0.481 e. The zero-order valence-corrected chi connectivity index (χ0v) is 21.4. The fourth-order valence-electron chi connectivity index (χ4n) is 5.23. The van der Waals surface area contributed by atoms with E-state index in [9.17, 15) is 14.7 Å². The van der Waals surface area contributed by atoms with Gasteiger partial charge in [0.15, 0.2) is 5.76 Å². The number of halogens is 1. The number of fused-ring (bicyclic) bond motifs is 1. The number of amides is 1. The first-order chi connectivity index (χ1) is 18.4. The molecule has 1 atom stereocenters. The second-order valence-corrected chi connectivity index (χ2v) is 10.3. The number of benzene rings is 3. The highest BCUT2D eigenvalue weighted by Gasteiger charge is 2.51. The Morgan fingerprint density at radius 3 is 2.37 bits per heavy atom. The van der Waals surface area contributed by atoms with Crippen LogP contribution in [0.2, 0.25) is 5.02 Å². The number of carboxylic acids is 1. The topological polar surface area (TPSA) is 102 Å². The molecule has 0 aliphatic heterocycles. The predicted molar refractivity (Wildman–Crippen MR) is 143 cm³/mol. The fourth-order valence-corrected chi connectivity index (χ4v) is 5.52. The number of carbonyl (C=O) groups is 2. The quantitative estimate of drug-likeness (QED) is 0.263. The molecule has 6 rings (SSSR count). The van der Waals surface area contributed by atoms with Crippen molar-refractivity contribution in [3.63, 3.8) is 0 Å². The van der Waals surface area contributed by atoms with Crippen molar-refractivity contribution in [1.29, 1.82) is 0 Å². The van der Waals surface area contributed by atoms with E-state index in [-0.39, 0.29) is 0 Å². The van der Waals surface area contributed by atoms with Gasteiger partial charge in [0.2, 0.25) is 0 Å². The number of nitrogens with one attached hydrogen (secondary N) is 1. The Hall–Kier alpha value is -4.10. The van der Waals surface area contributed by atoms with E-state index in [2.05, 4.69) is 10.5 Å². The van der Waals surface area contributed by atoms with Crippen LogP contribution in [0.5, 0.6) is 0 Å². The summed E-state index contributed by atoms with van der Waals surface area (Å²) in [5, 5.41) is 16.8. The van der Waals surface area contributed by atoms with Crippen molar-refractivity contribution in [1.82, 2.24) is 5.16 Å². The van der Waals surface area contributed by atoms with E-state index in [0.29, 0.717) is 29.3 Å². The van der Waals surface area contributed by atoms with Gasteiger partial charge in [-0.05, 0) is 66.5 Å². The molecule has 1 fully saturated rings. The van der Waals surface area contributed by atoms with E-state index in [1.54, 1.807) is 13.0 Å². The molecule has 2 aliphatic rings. The molecule has 0 radical (unpaired) electrons. The molecule has 2 aliphatic carbocycles. The van der Waals surface area contributed by atoms with Crippen molar-refractivity contribution >= 4 is 29.4 Å². The number of aliphatic carboxylic acids is 1. The second kappa shape index (κ2) is 9.33. The summed E-state index contributed by atoms with van der Waals surface area (Å²) in [7, 11) is 0. The van der Waals surface area contributed by atoms with Crippen molar-refractivity contribution in [2.75, 3.05) is 5.32 Å². The predicted octanol–water partition coefficient (Wildman–Crippen LogP) is 7.19. The minimum Gasteiger partial charge on any atom is -0.481 e. The van der Waals surface area contributed by atoms with Gasteiger partial charge >= 0.3 is 12.1 Å². The minimum absolute atomic E-state index is 0.427. The molecule has 7 nitrogen and oxygen atoms in total. The highest BCUT2D eigenvalue weighted by Crippen LogP contribution is 2.49. The van der Waals surface area contributed by atoms with Gasteiger partial charge in [0, 0.05) is 16.1 Å². The van der Waals surface area contributed by atoms with Crippen LogP contribution < -0.4 is 5.32 Å². The normalized spacial score (nSPS) is 15.6. The van der Waals surface area contributed by atoms with Crippen LogP contribution in [0.4, 0.5) is 10.5 Å².